The maximum Gasteiger partial charge on any atom is 0.216 e. The fourth-order valence-electron chi connectivity index (χ4n) is 3.31. The van der Waals surface area contributed by atoms with E-state index in [4.69, 9.17) is 0 Å². The Labute approximate surface area is 148 Å². The van der Waals surface area contributed by atoms with Crippen LogP contribution in [-0.2, 0) is 16.6 Å². The first-order valence-corrected chi connectivity index (χ1v) is 10.7. The van der Waals surface area contributed by atoms with Crippen molar-refractivity contribution in [2.24, 2.45) is 5.92 Å². The Kier molecular flexibility index (Phi) is 5.46. The van der Waals surface area contributed by atoms with Crippen LogP contribution in [0, 0.1) is 5.92 Å². The smallest absolute Gasteiger partial charge is 0.216 e. The number of hydrogen-bond donors (Lipinski definition) is 0. The molecule has 0 radical (unpaired) electrons. The Bertz CT molecular complexity index is 638. The number of benzene rings is 1. The Hall–Kier alpha value is -0.430. The molecule has 1 aliphatic carbocycles. The third kappa shape index (κ3) is 4.56. The minimum absolute atomic E-state index is 0.0934. The second kappa shape index (κ2) is 7.21. The highest BCUT2D eigenvalue weighted by molar-refractivity contribution is 9.10. The molecule has 0 N–H and O–H groups in total. The summed E-state index contributed by atoms with van der Waals surface area (Å²) in [6.45, 7) is 3.76. The molecule has 4 nitrogen and oxygen atoms in total. The van der Waals surface area contributed by atoms with Gasteiger partial charge in [0.1, 0.15) is 0 Å². The highest BCUT2D eigenvalue weighted by Crippen LogP contribution is 2.31. The van der Waals surface area contributed by atoms with Crippen molar-refractivity contribution in [3.63, 3.8) is 0 Å². The summed E-state index contributed by atoms with van der Waals surface area (Å²) in [4.78, 5) is 2.47. The van der Waals surface area contributed by atoms with E-state index in [1.165, 1.54) is 5.56 Å². The molecule has 1 aromatic carbocycles. The van der Waals surface area contributed by atoms with E-state index in [0.717, 1.165) is 49.8 Å². The second-order valence-corrected chi connectivity index (χ2v) is 10.1. The minimum atomic E-state index is -3.02. The molecule has 1 saturated carbocycles. The lowest BCUT2D eigenvalue weighted by Crippen LogP contribution is -2.40. The van der Waals surface area contributed by atoms with E-state index in [1.807, 2.05) is 6.07 Å². The first-order chi connectivity index (χ1) is 10.9. The van der Waals surface area contributed by atoms with Crippen molar-refractivity contribution in [3.05, 3.63) is 34.3 Å². The predicted molar refractivity (Wildman–Crippen MR) is 96.7 cm³/mol. The monoisotopic (exact) mass is 400 g/mol. The second-order valence-electron chi connectivity index (χ2n) is 6.87. The van der Waals surface area contributed by atoms with Gasteiger partial charge < -0.3 is 0 Å². The third-order valence-corrected chi connectivity index (χ3v) is 7.72. The van der Waals surface area contributed by atoms with Crippen LogP contribution < -0.4 is 0 Å². The highest BCUT2D eigenvalue weighted by Gasteiger charge is 2.39. The SMILES string of the molecule is CN(CC1CCN(Cc2cccc(Br)c2)CC1)S(=O)(=O)C1CC1. The van der Waals surface area contributed by atoms with Crippen LogP contribution in [0.5, 0.6) is 0 Å². The van der Waals surface area contributed by atoms with Gasteiger partial charge in [-0.25, -0.2) is 12.7 Å². The molecular weight excluding hydrogens is 376 g/mol. The van der Waals surface area contributed by atoms with Crippen LogP contribution in [-0.4, -0.2) is 49.6 Å². The van der Waals surface area contributed by atoms with Crippen LogP contribution in [0.1, 0.15) is 31.2 Å². The van der Waals surface area contributed by atoms with E-state index < -0.39 is 10.0 Å². The normalized spacial score (nSPS) is 21.0. The molecule has 0 atom stereocenters. The number of halogens is 1. The maximum atomic E-state index is 12.2. The molecule has 2 aliphatic rings. The molecule has 1 aliphatic heterocycles. The number of nitrogens with zero attached hydrogens (tertiary/aromatic N) is 2. The predicted octanol–water partition coefficient (Wildman–Crippen LogP) is 3.09. The number of rotatable bonds is 6. The molecule has 1 aromatic rings. The van der Waals surface area contributed by atoms with Crippen LogP contribution in [0.3, 0.4) is 0 Å². The van der Waals surface area contributed by atoms with Gasteiger partial charge in [0.05, 0.1) is 5.25 Å². The molecule has 0 bridgehead atoms. The van der Waals surface area contributed by atoms with Crippen molar-refractivity contribution in [1.29, 1.82) is 0 Å². The van der Waals surface area contributed by atoms with Gasteiger partial charge in [0.25, 0.3) is 0 Å². The van der Waals surface area contributed by atoms with Gasteiger partial charge in [-0.05, 0) is 62.4 Å². The van der Waals surface area contributed by atoms with Crippen LogP contribution in [0.25, 0.3) is 0 Å². The van der Waals surface area contributed by atoms with Gasteiger partial charge in [0.2, 0.25) is 10.0 Å². The lowest BCUT2D eigenvalue weighted by molar-refractivity contribution is 0.166. The van der Waals surface area contributed by atoms with Gasteiger partial charge in [-0.2, -0.15) is 0 Å². The lowest BCUT2D eigenvalue weighted by Gasteiger charge is -2.33. The van der Waals surface area contributed by atoms with Crippen molar-refractivity contribution in [2.75, 3.05) is 26.7 Å². The van der Waals surface area contributed by atoms with Gasteiger partial charge in [0.15, 0.2) is 0 Å². The number of piperidine rings is 1. The van der Waals surface area contributed by atoms with Gasteiger partial charge in [-0.3, -0.25) is 4.90 Å². The first-order valence-electron chi connectivity index (χ1n) is 8.37. The average molecular weight is 401 g/mol. The number of hydrogen-bond acceptors (Lipinski definition) is 3. The van der Waals surface area contributed by atoms with E-state index >= 15 is 0 Å². The first kappa shape index (κ1) is 17.4. The summed E-state index contributed by atoms with van der Waals surface area (Å²) in [5.74, 6) is 0.493. The third-order valence-electron chi connectivity index (χ3n) is 4.90. The molecule has 23 heavy (non-hydrogen) atoms. The molecule has 2 fully saturated rings. The molecule has 0 amide bonds. The largest absolute Gasteiger partial charge is 0.299 e. The molecule has 1 saturated heterocycles. The standard InChI is InChI=1S/C17H25BrN2O2S/c1-19(23(21,22)17-5-6-17)12-14-7-9-20(10-8-14)13-15-3-2-4-16(18)11-15/h2-4,11,14,17H,5-10,12-13H2,1H3. The van der Waals surface area contributed by atoms with Crippen LogP contribution in [0.4, 0.5) is 0 Å². The quantitative estimate of drug-likeness (QED) is 0.736. The summed E-state index contributed by atoms with van der Waals surface area (Å²) in [7, 11) is -1.27. The molecule has 0 spiro atoms. The van der Waals surface area contributed by atoms with Crippen LogP contribution in [0.15, 0.2) is 28.7 Å². The van der Waals surface area contributed by atoms with Gasteiger partial charge in [-0.1, -0.05) is 28.1 Å². The van der Waals surface area contributed by atoms with E-state index in [0.29, 0.717) is 12.5 Å². The van der Waals surface area contributed by atoms with Gasteiger partial charge >= 0.3 is 0 Å². The molecule has 128 valence electrons. The molecule has 0 aromatic heterocycles. The van der Waals surface area contributed by atoms with Crippen molar-refractivity contribution in [1.82, 2.24) is 9.21 Å². The van der Waals surface area contributed by atoms with Crippen LogP contribution in [0.2, 0.25) is 0 Å². The Balaban J connectivity index is 1.47. The maximum absolute atomic E-state index is 12.2. The molecule has 1 heterocycles. The van der Waals surface area contributed by atoms with Crippen molar-refractivity contribution >= 4 is 26.0 Å². The van der Waals surface area contributed by atoms with E-state index in [-0.39, 0.29) is 5.25 Å². The minimum Gasteiger partial charge on any atom is -0.299 e. The van der Waals surface area contributed by atoms with Gasteiger partial charge in [-0.15, -0.1) is 0 Å². The zero-order chi connectivity index (χ0) is 16.4. The Morgan fingerprint density at radius 1 is 1.22 bits per heavy atom. The molecular formula is C17H25BrN2O2S. The van der Waals surface area contributed by atoms with Crippen molar-refractivity contribution in [2.45, 2.75) is 37.5 Å². The van der Waals surface area contributed by atoms with E-state index in [1.54, 1.807) is 11.4 Å². The highest BCUT2D eigenvalue weighted by atomic mass is 79.9. The number of sulfonamides is 1. The molecule has 3 rings (SSSR count). The molecule has 0 unspecified atom stereocenters. The number of likely N-dealkylation sites (tertiary alicyclic amines) is 1. The topological polar surface area (TPSA) is 40.6 Å². The summed E-state index contributed by atoms with van der Waals surface area (Å²) < 4.78 is 27.2. The summed E-state index contributed by atoms with van der Waals surface area (Å²) in [5.41, 5.74) is 1.33. The Morgan fingerprint density at radius 2 is 1.91 bits per heavy atom. The van der Waals surface area contributed by atoms with E-state index in [9.17, 15) is 8.42 Å². The Morgan fingerprint density at radius 3 is 2.52 bits per heavy atom. The van der Waals surface area contributed by atoms with Crippen molar-refractivity contribution < 1.29 is 8.42 Å². The summed E-state index contributed by atoms with van der Waals surface area (Å²) in [6.07, 6.45) is 3.85. The summed E-state index contributed by atoms with van der Waals surface area (Å²) >= 11 is 3.52. The zero-order valence-electron chi connectivity index (χ0n) is 13.6. The van der Waals surface area contributed by atoms with Crippen LogP contribution >= 0.6 is 15.9 Å². The fraction of sp³-hybridized carbons (Fsp3) is 0.647. The zero-order valence-corrected chi connectivity index (χ0v) is 16.0. The van der Waals surface area contributed by atoms with E-state index in [2.05, 4.69) is 39.0 Å². The lowest BCUT2D eigenvalue weighted by atomic mass is 9.96. The summed E-state index contributed by atoms with van der Waals surface area (Å²) in [5, 5.41) is -0.0934. The molecule has 6 heteroatoms. The van der Waals surface area contributed by atoms with Gasteiger partial charge in [0, 0.05) is 24.6 Å². The average Bonchev–Trinajstić information content (AvgIpc) is 3.34. The van der Waals surface area contributed by atoms with Crippen molar-refractivity contribution in [3.8, 4) is 0 Å². The summed E-state index contributed by atoms with van der Waals surface area (Å²) in [6, 6.07) is 8.45. The fourth-order valence-corrected chi connectivity index (χ4v) is 5.41.